The van der Waals surface area contributed by atoms with E-state index >= 15 is 0 Å². The molecule has 0 unspecified atom stereocenters. The van der Waals surface area contributed by atoms with Gasteiger partial charge in [0.05, 0.1) is 17.7 Å². The highest BCUT2D eigenvalue weighted by Gasteiger charge is 2.27. The van der Waals surface area contributed by atoms with Crippen LogP contribution in [0.15, 0.2) is 18.2 Å². The average Bonchev–Trinajstić information content (AvgIpc) is 3.10. The number of nitrogens with one attached hydrogen (secondary N) is 1. The molecule has 1 saturated heterocycles. The summed E-state index contributed by atoms with van der Waals surface area (Å²) in [6, 6.07) is 5.84. The third-order valence-corrected chi connectivity index (χ3v) is 5.12. The average molecular weight is 319 g/mol. The molecule has 6 heteroatoms. The Labute approximate surface area is 137 Å². The number of methoxy groups -OCH3 is 1. The Hall–Kier alpha value is -1.82. The van der Waals surface area contributed by atoms with Crippen molar-refractivity contribution in [3.8, 4) is 5.75 Å². The molecule has 126 valence electrons. The molecule has 2 fully saturated rings. The van der Waals surface area contributed by atoms with E-state index in [2.05, 4.69) is 10.2 Å². The minimum Gasteiger partial charge on any atom is -0.495 e. The summed E-state index contributed by atoms with van der Waals surface area (Å²) in [5.41, 5.74) is 0.817. The second-order valence-electron chi connectivity index (χ2n) is 6.53. The summed E-state index contributed by atoms with van der Waals surface area (Å²) in [6.07, 6.45) is 7.57. The Morgan fingerprint density at radius 2 is 1.91 bits per heavy atom. The lowest BCUT2D eigenvalue weighted by molar-refractivity contribution is -0.384. The molecule has 0 spiro atoms. The summed E-state index contributed by atoms with van der Waals surface area (Å²) in [5, 5.41) is 14.4. The lowest BCUT2D eigenvalue weighted by Crippen LogP contribution is -2.43. The predicted octanol–water partition coefficient (Wildman–Crippen LogP) is 3.42. The largest absolute Gasteiger partial charge is 0.495 e. The summed E-state index contributed by atoms with van der Waals surface area (Å²) in [7, 11) is 1.59. The molecule has 0 bridgehead atoms. The van der Waals surface area contributed by atoms with Gasteiger partial charge in [-0.15, -0.1) is 0 Å². The van der Waals surface area contributed by atoms with Crippen LogP contribution in [0.4, 0.5) is 11.4 Å². The van der Waals surface area contributed by atoms with Crippen LogP contribution in [-0.4, -0.2) is 42.1 Å². The summed E-state index contributed by atoms with van der Waals surface area (Å²) in [5.74, 6) is 0.661. The van der Waals surface area contributed by atoms with E-state index in [9.17, 15) is 10.1 Å². The van der Waals surface area contributed by atoms with E-state index in [4.69, 9.17) is 4.74 Å². The van der Waals surface area contributed by atoms with E-state index in [1.54, 1.807) is 19.2 Å². The molecule has 0 radical (unpaired) electrons. The quantitative estimate of drug-likeness (QED) is 0.665. The van der Waals surface area contributed by atoms with Crippen molar-refractivity contribution in [3.63, 3.8) is 0 Å². The van der Waals surface area contributed by atoms with Crippen molar-refractivity contribution in [2.45, 2.75) is 50.6 Å². The van der Waals surface area contributed by atoms with Gasteiger partial charge in [0.2, 0.25) is 0 Å². The maximum Gasteiger partial charge on any atom is 0.271 e. The van der Waals surface area contributed by atoms with Crippen molar-refractivity contribution in [2.24, 2.45) is 0 Å². The van der Waals surface area contributed by atoms with Crippen molar-refractivity contribution in [1.29, 1.82) is 0 Å². The van der Waals surface area contributed by atoms with Crippen molar-refractivity contribution in [3.05, 3.63) is 28.3 Å². The molecule has 0 atom stereocenters. The van der Waals surface area contributed by atoms with Crippen molar-refractivity contribution >= 4 is 11.4 Å². The van der Waals surface area contributed by atoms with Crippen LogP contribution in [0.25, 0.3) is 0 Å². The Morgan fingerprint density at radius 1 is 1.22 bits per heavy atom. The smallest absolute Gasteiger partial charge is 0.271 e. The van der Waals surface area contributed by atoms with E-state index in [-0.39, 0.29) is 10.6 Å². The van der Waals surface area contributed by atoms with Gasteiger partial charge in [0.25, 0.3) is 5.69 Å². The topological polar surface area (TPSA) is 67.6 Å². The maximum absolute atomic E-state index is 11.0. The summed E-state index contributed by atoms with van der Waals surface area (Å²) < 4.78 is 5.33. The van der Waals surface area contributed by atoms with Gasteiger partial charge in [-0.25, -0.2) is 0 Å². The number of benzene rings is 1. The van der Waals surface area contributed by atoms with Crippen LogP contribution in [0.1, 0.15) is 38.5 Å². The predicted molar refractivity (Wildman–Crippen MR) is 90.1 cm³/mol. The molecule has 1 aromatic carbocycles. The maximum atomic E-state index is 11.0. The van der Waals surface area contributed by atoms with E-state index in [0.29, 0.717) is 11.8 Å². The first-order chi connectivity index (χ1) is 11.2. The van der Waals surface area contributed by atoms with E-state index < -0.39 is 0 Å². The first-order valence-corrected chi connectivity index (χ1v) is 8.50. The van der Waals surface area contributed by atoms with E-state index in [0.717, 1.165) is 37.7 Å². The van der Waals surface area contributed by atoms with Crippen LogP contribution < -0.4 is 10.1 Å². The van der Waals surface area contributed by atoms with Crippen LogP contribution in [0, 0.1) is 10.1 Å². The summed E-state index contributed by atoms with van der Waals surface area (Å²) in [6.45, 7) is 2.22. The SMILES string of the molecule is COc1ccc([N+](=O)[O-])cc1NC1CCN(C2CCCC2)CC1. The molecule has 23 heavy (non-hydrogen) atoms. The first kappa shape index (κ1) is 16.1. The number of hydrogen-bond acceptors (Lipinski definition) is 5. The molecule has 1 aliphatic carbocycles. The van der Waals surface area contributed by atoms with Crippen LogP contribution >= 0.6 is 0 Å². The highest BCUT2D eigenvalue weighted by molar-refractivity contribution is 5.62. The molecule has 3 rings (SSSR count). The fourth-order valence-corrected chi connectivity index (χ4v) is 3.82. The molecule has 2 aliphatic rings. The Balaban J connectivity index is 1.61. The molecule has 1 heterocycles. The van der Waals surface area contributed by atoms with Gasteiger partial charge in [-0.05, 0) is 31.7 Å². The second kappa shape index (κ2) is 7.17. The van der Waals surface area contributed by atoms with Gasteiger partial charge in [-0.2, -0.15) is 0 Å². The van der Waals surface area contributed by atoms with Crippen LogP contribution in [0.3, 0.4) is 0 Å². The highest BCUT2D eigenvalue weighted by Crippen LogP contribution is 2.32. The Kier molecular flexibility index (Phi) is 5.00. The number of piperidine rings is 1. The molecule has 1 aliphatic heterocycles. The highest BCUT2D eigenvalue weighted by atomic mass is 16.6. The lowest BCUT2D eigenvalue weighted by Gasteiger charge is -2.36. The van der Waals surface area contributed by atoms with E-state index in [1.165, 1.54) is 31.7 Å². The van der Waals surface area contributed by atoms with E-state index in [1.807, 2.05) is 0 Å². The number of nitro groups is 1. The van der Waals surface area contributed by atoms with Crippen molar-refractivity contribution in [1.82, 2.24) is 4.90 Å². The number of rotatable bonds is 5. The van der Waals surface area contributed by atoms with Gasteiger partial charge in [-0.3, -0.25) is 10.1 Å². The first-order valence-electron chi connectivity index (χ1n) is 8.50. The van der Waals surface area contributed by atoms with Gasteiger partial charge in [0.15, 0.2) is 0 Å². The fourth-order valence-electron chi connectivity index (χ4n) is 3.82. The minimum absolute atomic E-state index is 0.0942. The zero-order valence-electron chi connectivity index (χ0n) is 13.7. The summed E-state index contributed by atoms with van der Waals surface area (Å²) >= 11 is 0. The monoisotopic (exact) mass is 319 g/mol. The minimum atomic E-state index is -0.368. The molecule has 1 aromatic rings. The van der Waals surface area contributed by atoms with Gasteiger partial charge in [-0.1, -0.05) is 12.8 Å². The zero-order valence-corrected chi connectivity index (χ0v) is 13.7. The van der Waals surface area contributed by atoms with Crippen molar-refractivity contribution < 1.29 is 9.66 Å². The zero-order chi connectivity index (χ0) is 16.2. The molecule has 1 N–H and O–H groups in total. The molecular formula is C17H25N3O3. The van der Waals surface area contributed by atoms with Crippen LogP contribution in [0.5, 0.6) is 5.75 Å². The molecule has 0 amide bonds. The normalized spacial score (nSPS) is 20.6. The van der Waals surface area contributed by atoms with Crippen LogP contribution in [-0.2, 0) is 0 Å². The van der Waals surface area contributed by atoms with Gasteiger partial charge in [0.1, 0.15) is 5.75 Å². The lowest BCUT2D eigenvalue weighted by atomic mass is 10.0. The van der Waals surface area contributed by atoms with Gasteiger partial charge < -0.3 is 15.0 Å². The molecule has 0 aromatic heterocycles. The molecule has 1 saturated carbocycles. The Bertz CT molecular complexity index is 550. The van der Waals surface area contributed by atoms with Crippen LogP contribution in [0.2, 0.25) is 0 Å². The standard InChI is InChI=1S/C17H25N3O3/c1-23-17-7-6-15(20(21)22)12-16(17)18-13-8-10-19(11-9-13)14-4-2-3-5-14/h6-7,12-14,18H,2-5,8-11H2,1H3. The Morgan fingerprint density at radius 3 is 2.52 bits per heavy atom. The number of hydrogen-bond donors (Lipinski definition) is 1. The molecular weight excluding hydrogens is 294 g/mol. The number of likely N-dealkylation sites (tertiary alicyclic amines) is 1. The number of anilines is 1. The number of nitrogens with zero attached hydrogens (tertiary/aromatic N) is 2. The summed E-state index contributed by atoms with van der Waals surface area (Å²) in [4.78, 5) is 13.2. The third kappa shape index (κ3) is 3.75. The third-order valence-electron chi connectivity index (χ3n) is 5.12. The fraction of sp³-hybridized carbons (Fsp3) is 0.647. The number of ether oxygens (including phenoxy) is 1. The second-order valence-corrected chi connectivity index (χ2v) is 6.53. The number of non-ortho nitro benzene ring substituents is 1. The molecule has 6 nitrogen and oxygen atoms in total. The number of nitro benzene ring substituents is 1. The van der Waals surface area contributed by atoms with Gasteiger partial charge >= 0.3 is 0 Å². The van der Waals surface area contributed by atoms with Gasteiger partial charge in [0, 0.05) is 37.3 Å². The van der Waals surface area contributed by atoms with Crippen molar-refractivity contribution in [2.75, 3.05) is 25.5 Å².